The summed E-state index contributed by atoms with van der Waals surface area (Å²) in [6, 6.07) is 13.1. The Morgan fingerprint density at radius 2 is 1.65 bits per heavy atom. The predicted octanol–water partition coefficient (Wildman–Crippen LogP) is 2.12. The van der Waals surface area contributed by atoms with Gasteiger partial charge in [-0.2, -0.15) is 13.2 Å². The summed E-state index contributed by atoms with van der Waals surface area (Å²) in [6.45, 7) is 0.526. The number of nitrogens with one attached hydrogen (secondary N) is 2. The molecule has 0 bridgehead atoms. The monoisotopic (exact) mass is 522 g/mol. The van der Waals surface area contributed by atoms with Gasteiger partial charge < -0.3 is 25.2 Å². The van der Waals surface area contributed by atoms with E-state index >= 15 is 0 Å². The third kappa shape index (κ3) is 7.53. The second-order valence-electron chi connectivity index (χ2n) is 8.96. The molecule has 1 aliphatic rings. The normalized spacial score (nSPS) is 18.2. The van der Waals surface area contributed by atoms with Crippen LogP contribution in [0.25, 0.3) is 0 Å². The molecule has 0 radical (unpaired) electrons. The van der Waals surface area contributed by atoms with E-state index in [9.17, 15) is 32.7 Å². The lowest BCUT2D eigenvalue weighted by Crippen LogP contribution is -2.60. The van der Waals surface area contributed by atoms with Crippen LogP contribution in [0.15, 0.2) is 54.6 Å². The number of hydrogen-bond donors (Lipinski definition) is 3. The molecule has 1 heterocycles. The fourth-order valence-electron chi connectivity index (χ4n) is 3.58. The number of halogens is 3. The Labute approximate surface area is 212 Å². The van der Waals surface area contributed by atoms with Gasteiger partial charge in [-0.05, 0) is 43.0 Å². The zero-order valence-electron chi connectivity index (χ0n) is 20.4. The number of carbonyl (C=O) groups is 3. The summed E-state index contributed by atoms with van der Waals surface area (Å²) in [5, 5.41) is 14.4. The van der Waals surface area contributed by atoms with E-state index in [1.165, 1.54) is 7.11 Å². The summed E-state index contributed by atoms with van der Waals surface area (Å²) >= 11 is 0. The summed E-state index contributed by atoms with van der Waals surface area (Å²) in [5.41, 5.74) is -2.29. The summed E-state index contributed by atoms with van der Waals surface area (Å²) in [7, 11) is 1.46. The maximum atomic E-state index is 13.2. The number of aliphatic hydroxyl groups is 1. The molecule has 2 aromatic rings. The molecule has 8 nitrogen and oxygen atoms in total. The Hall–Kier alpha value is -3.44. The molecule has 1 saturated heterocycles. The van der Waals surface area contributed by atoms with Crippen molar-refractivity contribution in [2.24, 2.45) is 0 Å². The summed E-state index contributed by atoms with van der Waals surface area (Å²) in [5.74, 6) is -2.49. The third-order valence-electron chi connectivity index (χ3n) is 6.09. The number of ether oxygens (including phenoxy) is 2. The van der Waals surface area contributed by atoms with Crippen molar-refractivity contribution >= 4 is 17.6 Å². The lowest BCUT2D eigenvalue weighted by Gasteiger charge is -2.28. The molecular weight excluding hydrogens is 493 g/mol. The first kappa shape index (κ1) is 28.1. The molecule has 0 saturated carbocycles. The van der Waals surface area contributed by atoms with Gasteiger partial charge in [0.15, 0.2) is 5.78 Å². The number of aryl methyl sites for hydroxylation is 1. The molecule has 1 unspecified atom stereocenters. The SMILES string of the molecule is COc1ccc(C[C@H](NC(=O)C(C)(O)C(F)(F)F)C(=O)N[C@@H](CCc2ccccc2)C(=O)[C@H]2CO2)cc1. The highest BCUT2D eigenvalue weighted by molar-refractivity contribution is 5.96. The van der Waals surface area contributed by atoms with Crippen LogP contribution in [-0.2, 0) is 32.0 Å². The van der Waals surface area contributed by atoms with Gasteiger partial charge in [-0.3, -0.25) is 14.4 Å². The minimum Gasteiger partial charge on any atom is -0.497 e. The van der Waals surface area contributed by atoms with Gasteiger partial charge in [0, 0.05) is 6.42 Å². The van der Waals surface area contributed by atoms with Crippen LogP contribution in [0.2, 0.25) is 0 Å². The van der Waals surface area contributed by atoms with E-state index in [2.05, 4.69) is 5.32 Å². The van der Waals surface area contributed by atoms with Crippen molar-refractivity contribution in [3.63, 3.8) is 0 Å². The molecule has 4 atom stereocenters. The highest BCUT2D eigenvalue weighted by atomic mass is 19.4. The topological polar surface area (TPSA) is 117 Å². The molecule has 0 spiro atoms. The highest BCUT2D eigenvalue weighted by Crippen LogP contribution is 2.30. The van der Waals surface area contributed by atoms with Crippen LogP contribution >= 0.6 is 0 Å². The number of hydrogen-bond acceptors (Lipinski definition) is 6. The number of epoxide rings is 1. The van der Waals surface area contributed by atoms with E-state index in [1.54, 1.807) is 24.3 Å². The average molecular weight is 523 g/mol. The van der Waals surface area contributed by atoms with E-state index in [1.807, 2.05) is 35.6 Å². The van der Waals surface area contributed by atoms with Crippen LogP contribution in [0.1, 0.15) is 24.5 Å². The van der Waals surface area contributed by atoms with Crippen LogP contribution < -0.4 is 15.4 Å². The largest absolute Gasteiger partial charge is 0.497 e. The predicted molar refractivity (Wildman–Crippen MR) is 127 cm³/mol. The molecule has 2 amide bonds. The number of alkyl halides is 3. The molecule has 3 N–H and O–H groups in total. The highest BCUT2D eigenvalue weighted by Gasteiger charge is 2.56. The smallest absolute Gasteiger partial charge is 0.426 e. The van der Waals surface area contributed by atoms with Gasteiger partial charge in [-0.25, -0.2) is 0 Å². The van der Waals surface area contributed by atoms with E-state index in [-0.39, 0.29) is 25.2 Å². The van der Waals surface area contributed by atoms with Gasteiger partial charge in [0.05, 0.1) is 19.8 Å². The quantitative estimate of drug-likeness (QED) is 0.368. The van der Waals surface area contributed by atoms with Gasteiger partial charge in [-0.1, -0.05) is 42.5 Å². The Morgan fingerprint density at radius 1 is 1.03 bits per heavy atom. The molecule has 1 fully saturated rings. The molecule has 1 aliphatic heterocycles. The first-order chi connectivity index (χ1) is 17.4. The second kappa shape index (κ2) is 11.7. The van der Waals surface area contributed by atoms with Crippen LogP contribution in [0.3, 0.4) is 0 Å². The number of benzene rings is 2. The molecule has 200 valence electrons. The number of amides is 2. The summed E-state index contributed by atoms with van der Waals surface area (Å²) < 4.78 is 49.9. The molecule has 11 heteroatoms. The lowest BCUT2D eigenvalue weighted by molar-refractivity contribution is -0.245. The molecule has 3 rings (SSSR count). The van der Waals surface area contributed by atoms with E-state index < -0.39 is 41.8 Å². The molecular formula is C26H29F3N2O6. The zero-order valence-corrected chi connectivity index (χ0v) is 20.4. The van der Waals surface area contributed by atoms with Crippen LogP contribution in [-0.4, -0.2) is 66.4 Å². The Kier molecular flexibility index (Phi) is 8.93. The van der Waals surface area contributed by atoms with Crippen molar-refractivity contribution in [1.29, 1.82) is 0 Å². The van der Waals surface area contributed by atoms with E-state index in [0.29, 0.717) is 24.7 Å². The third-order valence-corrected chi connectivity index (χ3v) is 6.09. The number of Topliss-reactive ketones (excluding diaryl/α,β-unsaturated/α-hetero) is 1. The Balaban J connectivity index is 1.80. The molecule has 2 aromatic carbocycles. The zero-order chi connectivity index (χ0) is 27.2. The number of rotatable bonds is 12. The molecule has 0 aliphatic carbocycles. The summed E-state index contributed by atoms with van der Waals surface area (Å²) in [4.78, 5) is 38.4. The van der Waals surface area contributed by atoms with Crippen LogP contribution in [0, 0.1) is 0 Å². The van der Waals surface area contributed by atoms with Gasteiger partial charge in [0.25, 0.3) is 5.91 Å². The van der Waals surface area contributed by atoms with Crippen molar-refractivity contribution in [3.05, 3.63) is 65.7 Å². The minimum absolute atomic E-state index is 0.199. The first-order valence-corrected chi connectivity index (χ1v) is 11.6. The standard InChI is InChI=1S/C26H29F3N2O6/c1-25(35,26(27,28)29)24(34)31-20(14-17-8-11-18(36-2)12-9-17)23(33)30-19(22(32)21-15-37-21)13-10-16-6-4-3-5-7-16/h3-9,11-12,19-21,35H,10,13-15H2,1-2H3,(H,30,33)(H,31,34)/t19-,20-,21+,25?/m0/s1. The average Bonchev–Trinajstić information content (AvgIpc) is 3.71. The Morgan fingerprint density at radius 3 is 2.19 bits per heavy atom. The number of ketones is 1. The van der Waals surface area contributed by atoms with Gasteiger partial charge in [0.1, 0.15) is 17.9 Å². The summed E-state index contributed by atoms with van der Waals surface area (Å²) in [6.07, 6.45) is -5.47. The minimum atomic E-state index is -5.27. The number of carbonyl (C=O) groups excluding carboxylic acids is 3. The van der Waals surface area contributed by atoms with Crippen molar-refractivity contribution in [1.82, 2.24) is 10.6 Å². The fourth-order valence-corrected chi connectivity index (χ4v) is 3.58. The number of methoxy groups -OCH3 is 1. The lowest BCUT2D eigenvalue weighted by atomic mass is 9.98. The van der Waals surface area contributed by atoms with Crippen molar-refractivity contribution in [2.45, 2.75) is 56.2 Å². The van der Waals surface area contributed by atoms with Gasteiger partial charge in [-0.15, -0.1) is 0 Å². The maximum absolute atomic E-state index is 13.2. The molecule has 0 aromatic heterocycles. The maximum Gasteiger partial charge on any atom is 0.426 e. The van der Waals surface area contributed by atoms with Crippen LogP contribution in [0.4, 0.5) is 13.2 Å². The first-order valence-electron chi connectivity index (χ1n) is 11.6. The molecule has 37 heavy (non-hydrogen) atoms. The second-order valence-corrected chi connectivity index (χ2v) is 8.96. The van der Waals surface area contributed by atoms with Gasteiger partial charge >= 0.3 is 6.18 Å². The fraction of sp³-hybridized carbons (Fsp3) is 0.423. The van der Waals surface area contributed by atoms with E-state index in [0.717, 1.165) is 5.56 Å². The van der Waals surface area contributed by atoms with Crippen molar-refractivity contribution in [3.8, 4) is 5.75 Å². The van der Waals surface area contributed by atoms with E-state index in [4.69, 9.17) is 9.47 Å². The Bertz CT molecular complexity index is 1090. The van der Waals surface area contributed by atoms with Crippen molar-refractivity contribution in [2.75, 3.05) is 13.7 Å². The van der Waals surface area contributed by atoms with Gasteiger partial charge in [0.2, 0.25) is 11.5 Å². The van der Waals surface area contributed by atoms with Crippen LogP contribution in [0.5, 0.6) is 5.75 Å². The van der Waals surface area contributed by atoms with Crippen molar-refractivity contribution < 1.29 is 42.1 Å².